The Morgan fingerprint density at radius 2 is 1.68 bits per heavy atom. The monoisotopic (exact) mass is 429 g/mol. The third kappa shape index (κ3) is 4.14. The van der Waals surface area contributed by atoms with Crippen LogP contribution in [0.15, 0.2) is 72.8 Å². The Kier molecular flexibility index (Phi) is 5.81. The fraction of sp³-hybridized carbons (Fsp3) is 0.136. The van der Waals surface area contributed by atoms with Gasteiger partial charge in [0.2, 0.25) is 5.91 Å². The molecule has 142 valence electrons. The maximum absolute atomic E-state index is 12.6. The van der Waals surface area contributed by atoms with Gasteiger partial charge in [0.25, 0.3) is 0 Å². The molecule has 4 rings (SSSR count). The molecule has 1 aliphatic heterocycles. The van der Waals surface area contributed by atoms with Crippen LogP contribution >= 0.6 is 35.0 Å². The fourth-order valence-electron chi connectivity index (χ4n) is 3.11. The van der Waals surface area contributed by atoms with Crippen LogP contribution in [0.4, 0.5) is 5.69 Å². The number of benzene rings is 3. The van der Waals surface area contributed by atoms with E-state index in [1.54, 1.807) is 34.9 Å². The van der Waals surface area contributed by atoms with Crippen LogP contribution in [0.25, 0.3) is 0 Å². The second-order valence-corrected chi connectivity index (χ2v) is 8.30. The summed E-state index contributed by atoms with van der Waals surface area (Å²) in [7, 11) is 0. The number of halogens is 2. The number of carbonyl (C=O) groups excluding carboxylic acids is 1. The molecule has 0 bridgehead atoms. The molecule has 3 nitrogen and oxygen atoms in total. The molecule has 0 spiro atoms. The molecule has 3 aromatic carbocycles. The summed E-state index contributed by atoms with van der Waals surface area (Å²) in [6.07, 6.45) is 0. The molecule has 3 aromatic rings. The van der Waals surface area contributed by atoms with E-state index >= 15 is 0 Å². The van der Waals surface area contributed by atoms with Crippen LogP contribution in [0.1, 0.15) is 16.5 Å². The van der Waals surface area contributed by atoms with E-state index in [1.165, 1.54) is 0 Å². The Bertz CT molecular complexity index is 980. The second kappa shape index (κ2) is 8.48. The van der Waals surface area contributed by atoms with Crippen molar-refractivity contribution in [2.24, 2.45) is 0 Å². The summed E-state index contributed by atoms with van der Waals surface area (Å²) in [6.45, 7) is 0.446. The Labute approximate surface area is 178 Å². The lowest BCUT2D eigenvalue weighted by Gasteiger charge is -2.26. The molecule has 1 fully saturated rings. The summed E-state index contributed by atoms with van der Waals surface area (Å²) in [4.78, 5) is 14.4. The lowest BCUT2D eigenvalue weighted by molar-refractivity contribution is -0.115. The molecule has 0 aromatic heterocycles. The van der Waals surface area contributed by atoms with E-state index in [2.05, 4.69) is 0 Å². The van der Waals surface area contributed by atoms with Gasteiger partial charge in [-0.3, -0.25) is 9.69 Å². The molecule has 1 aliphatic rings. The van der Waals surface area contributed by atoms with Crippen molar-refractivity contribution in [3.63, 3.8) is 0 Å². The maximum Gasteiger partial charge on any atom is 0.238 e. The first-order valence-electron chi connectivity index (χ1n) is 8.77. The van der Waals surface area contributed by atoms with Gasteiger partial charge in [0, 0.05) is 21.3 Å². The standard InChI is InChI=1S/C22H17Cl2NO2S/c23-16-6-9-18(10-7-16)25-21(26)14-28-22(25)19-12-17(24)8-11-20(19)27-13-15-4-2-1-3-5-15/h1-12,22H,13-14H2/t22-/m0/s1. The average Bonchev–Trinajstić information content (AvgIpc) is 3.10. The van der Waals surface area contributed by atoms with E-state index in [4.69, 9.17) is 27.9 Å². The van der Waals surface area contributed by atoms with Crippen LogP contribution in [0, 0.1) is 0 Å². The van der Waals surface area contributed by atoms with Crippen LogP contribution < -0.4 is 9.64 Å². The molecule has 6 heteroatoms. The molecule has 28 heavy (non-hydrogen) atoms. The lowest BCUT2D eigenvalue weighted by atomic mass is 10.1. The molecule has 0 unspecified atom stereocenters. The molecule has 0 saturated carbocycles. The van der Waals surface area contributed by atoms with E-state index < -0.39 is 0 Å². The first kappa shape index (κ1) is 19.2. The van der Waals surface area contributed by atoms with Crippen molar-refractivity contribution >= 4 is 46.6 Å². The number of ether oxygens (including phenoxy) is 1. The van der Waals surface area contributed by atoms with Gasteiger partial charge >= 0.3 is 0 Å². The zero-order valence-corrected chi connectivity index (χ0v) is 17.2. The number of anilines is 1. The maximum atomic E-state index is 12.6. The lowest BCUT2D eigenvalue weighted by Crippen LogP contribution is -2.28. The van der Waals surface area contributed by atoms with E-state index in [0.29, 0.717) is 22.4 Å². The predicted octanol–water partition coefficient (Wildman–Crippen LogP) is 6.35. The first-order valence-corrected chi connectivity index (χ1v) is 10.6. The number of hydrogen-bond donors (Lipinski definition) is 0. The molecule has 1 heterocycles. The van der Waals surface area contributed by atoms with Crippen LogP contribution in [0.5, 0.6) is 5.75 Å². The summed E-state index contributed by atoms with van der Waals surface area (Å²) >= 11 is 13.8. The number of carbonyl (C=O) groups is 1. The van der Waals surface area contributed by atoms with Crippen molar-refractivity contribution in [3.05, 3.63) is 94.0 Å². The topological polar surface area (TPSA) is 29.5 Å². The second-order valence-electron chi connectivity index (χ2n) is 6.36. The van der Waals surface area contributed by atoms with Crippen molar-refractivity contribution in [2.45, 2.75) is 12.0 Å². The Morgan fingerprint density at radius 1 is 0.964 bits per heavy atom. The minimum absolute atomic E-state index is 0.0475. The number of nitrogens with zero attached hydrogens (tertiary/aromatic N) is 1. The number of hydrogen-bond acceptors (Lipinski definition) is 3. The van der Waals surface area contributed by atoms with Gasteiger partial charge in [0.1, 0.15) is 17.7 Å². The van der Waals surface area contributed by atoms with Gasteiger partial charge in [0.05, 0.1) is 5.75 Å². The van der Waals surface area contributed by atoms with Crippen molar-refractivity contribution < 1.29 is 9.53 Å². The first-order chi connectivity index (χ1) is 13.6. The quantitative estimate of drug-likeness (QED) is 0.472. The Hall–Kier alpha value is -2.14. The van der Waals surface area contributed by atoms with Crippen molar-refractivity contribution in [3.8, 4) is 5.75 Å². The van der Waals surface area contributed by atoms with E-state index in [1.807, 2.05) is 54.6 Å². The SMILES string of the molecule is O=C1CS[C@@H](c2cc(Cl)ccc2OCc2ccccc2)N1c1ccc(Cl)cc1. The molecule has 1 saturated heterocycles. The van der Waals surface area contributed by atoms with Gasteiger partial charge in [-0.25, -0.2) is 0 Å². The normalized spacial score (nSPS) is 16.4. The van der Waals surface area contributed by atoms with Crippen molar-refractivity contribution in [1.82, 2.24) is 0 Å². The number of rotatable bonds is 5. The van der Waals surface area contributed by atoms with Crippen LogP contribution in [-0.2, 0) is 11.4 Å². The van der Waals surface area contributed by atoms with Crippen molar-refractivity contribution in [2.75, 3.05) is 10.7 Å². The van der Waals surface area contributed by atoms with Gasteiger partial charge < -0.3 is 4.74 Å². The van der Waals surface area contributed by atoms with Gasteiger partial charge in [-0.05, 0) is 48.0 Å². The highest BCUT2D eigenvalue weighted by Crippen LogP contribution is 2.45. The highest BCUT2D eigenvalue weighted by molar-refractivity contribution is 8.00. The van der Waals surface area contributed by atoms with Crippen LogP contribution in [-0.4, -0.2) is 11.7 Å². The summed E-state index contributed by atoms with van der Waals surface area (Å²) < 4.78 is 6.10. The smallest absolute Gasteiger partial charge is 0.238 e. The largest absolute Gasteiger partial charge is 0.489 e. The van der Waals surface area contributed by atoms with Gasteiger partial charge in [0.15, 0.2) is 0 Å². The zero-order chi connectivity index (χ0) is 19.5. The summed E-state index contributed by atoms with van der Waals surface area (Å²) in [6, 6.07) is 22.8. The summed E-state index contributed by atoms with van der Waals surface area (Å²) in [5.41, 5.74) is 2.76. The van der Waals surface area contributed by atoms with Crippen molar-refractivity contribution in [1.29, 1.82) is 0 Å². The predicted molar refractivity (Wildman–Crippen MR) is 116 cm³/mol. The van der Waals surface area contributed by atoms with Crippen LogP contribution in [0.2, 0.25) is 10.0 Å². The molecule has 1 atom stereocenters. The Morgan fingerprint density at radius 3 is 2.43 bits per heavy atom. The average molecular weight is 430 g/mol. The number of thioether (sulfide) groups is 1. The molecular weight excluding hydrogens is 413 g/mol. The van der Waals surface area contributed by atoms with E-state index in [-0.39, 0.29) is 11.3 Å². The molecular formula is C22H17Cl2NO2S. The van der Waals surface area contributed by atoms with E-state index in [0.717, 1.165) is 22.6 Å². The molecule has 0 radical (unpaired) electrons. The van der Waals surface area contributed by atoms with Gasteiger partial charge in [-0.2, -0.15) is 0 Å². The third-order valence-electron chi connectivity index (χ3n) is 4.45. The fourth-order valence-corrected chi connectivity index (χ4v) is 4.61. The molecule has 1 amide bonds. The molecule has 0 aliphatic carbocycles. The summed E-state index contributed by atoms with van der Waals surface area (Å²) in [5, 5.41) is 1.03. The van der Waals surface area contributed by atoms with Gasteiger partial charge in [-0.15, -0.1) is 11.8 Å². The highest BCUT2D eigenvalue weighted by Gasteiger charge is 2.36. The number of amides is 1. The molecule has 0 N–H and O–H groups in total. The minimum atomic E-state index is -0.210. The highest BCUT2D eigenvalue weighted by atomic mass is 35.5. The summed E-state index contributed by atoms with van der Waals surface area (Å²) in [5.74, 6) is 1.17. The minimum Gasteiger partial charge on any atom is -0.489 e. The van der Waals surface area contributed by atoms with E-state index in [9.17, 15) is 4.79 Å². The Balaban J connectivity index is 1.65. The van der Waals surface area contributed by atoms with Gasteiger partial charge in [-0.1, -0.05) is 53.5 Å². The third-order valence-corrected chi connectivity index (χ3v) is 6.13. The van der Waals surface area contributed by atoms with Crippen LogP contribution in [0.3, 0.4) is 0 Å². The zero-order valence-electron chi connectivity index (χ0n) is 14.8.